The number of halogens is 1. The molecule has 3 heteroatoms. The summed E-state index contributed by atoms with van der Waals surface area (Å²) < 4.78 is 10.1. The van der Waals surface area contributed by atoms with Gasteiger partial charge in [-0.15, -0.1) is 0 Å². The molecule has 0 atom stereocenters. The molecule has 0 amide bonds. The Balaban J connectivity index is 2.06. The maximum atomic E-state index is 6.28. The van der Waals surface area contributed by atoms with Gasteiger partial charge in [0, 0.05) is 0 Å². The molecule has 0 saturated heterocycles. The van der Waals surface area contributed by atoms with Crippen molar-refractivity contribution >= 4 is 38.2 Å². The van der Waals surface area contributed by atoms with Crippen molar-refractivity contribution in [3.05, 3.63) is 77.8 Å². The van der Waals surface area contributed by atoms with E-state index in [1.807, 2.05) is 24.3 Å². The zero-order valence-electron chi connectivity index (χ0n) is 12.2. The molecule has 108 valence electrons. The summed E-state index contributed by atoms with van der Waals surface area (Å²) in [5, 5.41) is 0.793. The number of ether oxygens (including phenoxy) is 1. The van der Waals surface area contributed by atoms with Gasteiger partial charge in [-0.05, 0) is 0 Å². The molecule has 1 aliphatic rings. The summed E-state index contributed by atoms with van der Waals surface area (Å²) in [4.78, 5) is 0. The fourth-order valence-corrected chi connectivity index (χ4v) is 10.8. The van der Waals surface area contributed by atoms with Crippen molar-refractivity contribution in [1.29, 1.82) is 0 Å². The Bertz CT molecular complexity index is 814. The minimum atomic E-state index is -2.53. The average Bonchev–Trinajstić information content (AvgIpc) is 2.55. The van der Waals surface area contributed by atoms with Crippen LogP contribution >= 0.6 is 11.6 Å². The Hall–Kier alpha value is -1.69. The van der Waals surface area contributed by atoms with Crippen molar-refractivity contribution in [1.82, 2.24) is 0 Å². The molecule has 0 fully saturated rings. The quantitative estimate of drug-likeness (QED) is 0.596. The predicted molar refractivity (Wildman–Crippen MR) is 94.9 cm³/mol. The van der Waals surface area contributed by atoms with Crippen LogP contribution in [0.3, 0.4) is 0 Å². The maximum absolute atomic E-state index is 6.28. The molecule has 0 bridgehead atoms. The number of benzene rings is 3. The SMILES string of the molecule is C[As+]1(c2cccc(Cl)c2)c2ccccc2Oc2ccccc21. The van der Waals surface area contributed by atoms with E-state index in [4.69, 9.17) is 16.3 Å². The van der Waals surface area contributed by atoms with E-state index in [-0.39, 0.29) is 0 Å². The second kappa shape index (κ2) is 5.19. The first-order valence-electron chi connectivity index (χ1n) is 7.19. The van der Waals surface area contributed by atoms with Crippen LogP contribution in [0.1, 0.15) is 0 Å². The van der Waals surface area contributed by atoms with Gasteiger partial charge in [0.15, 0.2) is 0 Å². The van der Waals surface area contributed by atoms with Gasteiger partial charge in [-0.3, -0.25) is 0 Å². The number of rotatable bonds is 1. The summed E-state index contributed by atoms with van der Waals surface area (Å²) in [7, 11) is 0. The minimum absolute atomic E-state index is 0.793. The molecule has 0 aliphatic carbocycles. The molecule has 4 rings (SSSR count). The molecule has 0 aromatic heterocycles. The Morgan fingerprint density at radius 1 is 0.773 bits per heavy atom. The fourth-order valence-electron chi connectivity index (χ4n) is 3.11. The van der Waals surface area contributed by atoms with Gasteiger partial charge >= 0.3 is 138 Å². The van der Waals surface area contributed by atoms with Crippen LogP contribution in [0.15, 0.2) is 72.8 Å². The zero-order valence-corrected chi connectivity index (χ0v) is 14.8. The van der Waals surface area contributed by atoms with E-state index in [1.54, 1.807) is 0 Å². The topological polar surface area (TPSA) is 9.23 Å². The number of para-hydroxylation sites is 2. The van der Waals surface area contributed by atoms with Crippen LogP contribution in [-0.4, -0.2) is 13.6 Å². The monoisotopic (exact) mass is 369 g/mol. The number of hydrogen-bond donors (Lipinski definition) is 0. The van der Waals surface area contributed by atoms with Crippen molar-refractivity contribution in [2.45, 2.75) is 5.71 Å². The van der Waals surface area contributed by atoms with Crippen LogP contribution in [0, 0.1) is 0 Å². The summed E-state index contributed by atoms with van der Waals surface area (Å²) in [5.41, 5.74) is 2.41. The van der Waals surface area contributed by atoms with Gasteiger partial charge < -0.3 is 0 Å². The number of hydrogen-bond acceptors (Lipinski definition) is 1. The molecule has 1 aliphatic heterocycles. The molecule has 0 N–H and O–H groups in total. The molecule has 1 nitrogen and oxygen atoms in total. The van der Waals surface area contributed by atoms with E-state index in [1.165, 1.54) is 13.1 Å². The molecule has 22 heavy (non-hydrogen) atoms. The van der Waals surface area contributed by atoms with Crippen molar-refractivity contribution in [2.75, 3.05) is 0 Å². The predicted octanol–water partition coefficient (Wildman–Crippen LogP) is 3.55. The zero-order chi connectivity index (χ0) is 15.2. The standard InChI is InChI=1S/C19H15AsClO/c1-20(14-7-6-8-15(21)13-14)16-9-2-4-11-18(16)22-19-12-5-3-10-17(19)20/h2-13H,1H3/q+1. The molecule has 1 heterocycles. The Morgan fingerprint density at radius 3 is 1.95 bits per heavy atom. The summed E-state index contributed by atoms with van der Waals surface area (Å²) in [6, 6.07) is 25.1. The first-order chi connectivity index (χ1) is 10.7. The van der Waals surface area contributed by atoms with E-state index in [2.05, 4.69) is 54.2 Å². The van der Waals surface area contributed by atoms with Crippen molar-refractivity contribution in [3.8, 4) is 11.5 Å². The van der Waals surface area contributed by atoms with Crippen LogP contribution in [0.25, 0.3) is 0 Å². The Morgan fingerprint density at radius 2 is 1.36 bits per heavy atom. The molecule has 0 spiro atoms. The third kappa shape index (κ3) is 2.00. The van der Waals surface area contributed by atoms with E-state index in [0.717, 1.165) is 16.5 Å². The van der Waals surface area contributed by atoms with Gasteiger partial charge in [-0.2, -0.15) is 0 Å². The molecular weight excluding hydrogens is 355 g/mol. The summed E-state index contributed by atoms with van der Waals surface area (Å²) in [6.45, 7) is 0. The Labute approximate surface area is 138 Å². The molecule has 0 saturated carbocycles. The second-order valence-electron chi connectivity index (χ2n) is 5.52. The summed E-state index contributed by atoms with van der Waals surface area (Å²) >= 11 is 3.75. The van der Waals surface area contributed by atoms with Gasteiger partial charge in [0.25, 0.3) is 0 Å². The number of fused-ring (bicyclic) bond motifs is 2. The van der Waals surface area contributed by atoms with E-state index in [9.17, 15) is 0 Å². The Kier molecular flexibility index (Phi) is 3.29. The van der Waals surface area contributed by atoms with Crippen LogP contribution in [-0.2, 0) is 0 Å². The normalized spacial score (nSPS) is 14.6. The van der Waals surface area contributed by atoms with Crippen LogP contribution in [0.4, 0.5) is 0 Å². The van der Waals surface area contributed by atoms with Gasteiger partial charge in [0.1, 0.15) is 0 Å². The van der Waals surface area contributed by atoms with E-state index < -0.39 is 13.6 Å². The van der Waals surface area contributed by atoms with Crippen LogP contribution in [0.5, 0.6) is 11.5 Å². The van der Waals surface area contributed by atoms with Crippen molar-refractivity contribution in [2.24, 2.45) is 0 Å². The summed E-state index contributed by atoms with van der Waals surface area (Å²) in [5.74, 6) is 1.97. The summed E-state index contributed by atoms with van der Waals surface area (Å²) in [6.07, 6.45) is 0. The van der Waals surface area contributed by atoms with Gasteiger partial charge in [0.05, 0.1) is 0 Å². The molecular formula is C19H15AsClO+. The third-order valence-electron chi connectivity index (χ3n) is 4.24. The molecule has 0 radical (unpaired) electrons. The molecule has 0 unspecified atom stereocenters. The van der Waals surface area contributed by atoms with Crippen LogP contribution in [0.2, 0.25) is 10.7 Å². The van der Waals surface area contributed by atoms with Crippen LogP contribution < -0.4 is 17.8 Å². The van der Waals surface area contributed by atoms with E-state index >= 15 is 0 Å². The second-order valence-corrected chi connectivity index (χ2v) is 13.3. The van der Waals surface area contributed by atoms with Crippen molar-refractivity contribution in [3.63, 3.8) is 0 Å². The molecule has 3 aromatic carbocycles. The first-order valence-corrected chi connectivity index (χ1v) is 12.3. The van der Waals surface area contributed by atoms with E-state index in [0.29, 0.717) is 0 Å². The first kappa shape index (κ1) is 13.9. The average molecular weight is 370 g/mol. The van der Waals surface area contributed by atoms with Crippen molar-refractivity contribution < 1.29 is 4.74 Å². The van der Waals surface area contributed by atoms with Gasteiger partial charge in [0.2, 0.25) is 0 Å². The van der Waals surface area contributed by atoms with Gasteiger partial charge in [-0.25, -0.2) is 0 Å². The van der Waals surface area contributed by atoms with Gasteiger partial charge in [-0.1, -0.05) is 0 Å². The molecule has 3 aromatic rings. The fraction of sp³-hybridized carbons (Fsp3) is 0.0526. The third-order valence-corrected chi connectivity index (χ3v) is 12.8.